The molecule has 1 aromatic heterocycles. The maximum atomic E-state index is 10.6. The van der Waals surface area contributed by atoms with Crippen molar-refractivity contribution >= 4 is 16.8 Å². The topological polar surface area (TPSA) is 64.1 Å². The van der Waals surface area contributed by atoms with Gasteiger partial charge < -0.3 is 10.1 Å². The van der Waals surface area contributed by atoms with Gasteiger partial charge in [0.1, 0.15) is 6.61 Å². The molecule has 5 nitrogen and oxygen atoms in total. The quantitative estimate of drug-likeness (QED) is 0.801. The molecule has 88 valence electrons. The van der Waals surface area contributed by atoms with Crippen molar-refractivity contribution < 1.29 is 9.53 Å². The number of aromatic nitrogens is 2. The number of nitrogens with zero attached hydrogens (tertiary/aromatic N) is 2. The molecule has 0 unspecified atom stereocenters. The molecule has 0 spiro atoms. The zero-order valence-electron chi connectivity index (χ0n) is 9.51. The highest BCUT2D eigenvalue weighted by Crippen LogP contribution is 2.12. The van der Waals surface area contributed by atoms with Crippen LogP contribution in [0.4, 0.5) is 0 Å². The number of rotatable bonds is 4. The molecule has 1 aromatic carbocycles. The number of amides is 1. The summed E-state index contributed by atoms with van der Waals surface area (Å²) in [5, 5.41) is 3.61. The lowest BCUT2D eigenvalue weighted by Gasteiger charge is -2.05. The molecule has 2 rings (SSSR count). The van der Waals surface area contributed by atoms with Crippen LogP contribution in [0.1, 0.15) is 6.92 Å². The smallest absolute Gasteiger partial charge is 0.316 e. The van der Waals surface area contributed by atoms with Gasteiger partial charge in [-0.1, -0.05) is 18.2 Å². The van der Waals surface area contributed by atoms with Crippen molar-refractivity contribution in [1.29, 1.82) is 0 Å². The molecular formula is C12H13N3O2. The van der Waals surface area contributed by atoms with Gasteiger partial charge in [0, 0.05) is 18.5 Å². The Morgan fingerprint density at radius 3 is 3.06 bits per heavy atom. The van der Waals surface area contributed by atoms with Gasteiger partial charge in [-0.3, -0.25) is 4.79 Å². The molecule has 0 fully saturated rings. The summed E-state index contributed by atoms with van der Waals surface area (Å²) in [6, 6.07) is 8.02. The lowest BCUT2D eigenvalue weighted by atomic mass is 10.2. The van der Waals surface area contributed by atoms with Crippen LogP contribution in [0, 0.1) is 0 Å². The minimum atomic E-state index is -0.0759. The van der Waals surface area contributed by atoms with Crippen molar-refractivity contribution in [1.82, 2.24) is 15.3 Å². The second-order valence-corrected chi connectivity index (χ2v) is 3.54. The van der Waals surface area contributed by atoms with E-state index in [1.54, 1.807) is 6.20 Å². The predicted octanol–water partition coefficient (Wildman–Crippen LogP) is 1.14. The maximum Gasteiger partial charge on any atom is 0.316 e. The fourth-order valence-electron chi connectivity index (χ4n) is 1.39. The van der Waals surface area contributed by atoms with Crippen LogP contribution in [0.5, 0.6) is 6.01 Å². The number of hydrogen-bond donors (Lipinski definition) is 1. The van der Waals surface area contributed by atoms with E-state index in [2.05, 4.69) is 15.3 Å². The van der Waals surface area contributed by atoms with Crippen molar-refractivity contribution in [2.45, 2.75) is 6.92 Å². The van der Waals surface area contributed by atoms with Crippen LogP contribution >= 0.6 is 0 Å². The van der Waals surface area contributed by atoms with Gasteiger partial charge in [-0.25, -0.2) is 4.98 Å². The lowest BCUT2D eigenvalue weighted by Crippen LogP contribution is -2.25. The molecular weight excluding hydrogens is 218 g/mol. The summed E-state index contributed by atoms with van der Waals surface area (Å²) < 4.78 is 5.33. The van der Waals surface area contributed by atoms with Gasteiger partial charge in [0.25, 0.3) is 0 Å². The third kappa shape index (κ3) is 3.14. The second-order valence-electron chi connectivity index (χ2n) is 3.54. The van der Waals surface area contributed by atoms with Gasteiger partial charge in [-0.05, 0) is 6.07 Å². The Labute approximate surface area is 98.8 Å². The highest BCUT2D eigenvalue weighted by Gasteiger charge is 2.00. The van der Waals surface area contributed by atoms with E-state index in [4.69, 9.17) is 4.74 Å². The predicted molar refractivity (Wildman–Crippen MR) is 63.7 cm³/mol. The third-order valence-corrected chi connectivity index (χ3v) is 2.17. The molecule has 0 atom stereocenters. The number of hydrogen-bond acceptors (Lipinski definition) is 4. The third-order valence-electron chi connectivity index (χ3n) is 2.17. The minimum absolute atomic E-state index is 0.0759. The first kappa shape index (κ1) is 11.3. The SMILES string of the molecule is CC(=O)NCCOc1ncc2ccccc2n1. The maximum absolute atomic E-state index is 10.6. The van der Waals surface area contributed by atoms with Gasteiger partial charge in [0.05, 0.1) is 12.1 Å². The first-order valence-electron chi connectivity index (χ1n) is 5.35. The number of carbonyl (C=O) groups excluding carboxylic acids is 1. The summed E-state index contributed by atoms with van der Waals surface area (Å²) in [5.41, 5.74) is 0.844. The summed E-state index contributed by atoms with van der Waals surface area (Å²) in [6.45, 7) is 2.27. The standard InChI is InChI=1S/C12H13N3O2/c1-9(16)13-6-7-17-12-14-8-10-4-2-3-5-11(10)15-12/h2-5,8H,6-7H2,1H3,(H,13,16). The first-order valence-corrected chi connectivity index (χ1v) is 5.35. The van der Waals surface area contributed by atoms with E-state index in [1.165, 1.54) is 6.92 Å². The molecule has 1 amide bonds. The first-order chi connectivity index (χ1) is 8.25. The van der Waals surface area contributed by atoms with E-state index in [0.29, 0.717) is 19.2 Å². The van der Waals surface area contributed by atoms with Crippen LogP contribution in [0.25, 0.3) is 10.9 Å². The fourth-order valence-corrected chi connectivity index (χ4v) is 1.39. The van der Waals surface area contributed by atoms with Gasteiger partial charge >= 0.3 is 6.01 Å². The van der Waals surface area contributed by atoms with Crippen molar-refractivity contribution in [3.05, 3.63) is 30.5 Å². The highest BCUT2D eigenvalue weighted by molar-refractivity contribution is 5.77. The number of ether oxygens (including phenoxy) is 1. The van der Waals surface area contributed by atoms with E-state index in [-0.39, 0.29) is 5.91 Å². The van der Waals surface area contributed by atoms with Crippen LogP contribution in [-0.4, -0.2) is 29.0 Å². The van der Waals surface area contributed by atoms with Crippen molar-refractivity contribution in [3.63, 3.8) is 0 Å². The fraction of sp³-hybridized carbons (Fsp3) is 0.250. The number of para-hydroxylation sites is 1. The van der Waals surface area contributed by atoms with E-state index < -0.39 is 0 Å². The summed E-state index contributed by atoms with van der Waals surface area (Å²) in [6.07, 6.45) is 1.72. The van der Waals surface area contributed by atoms with Gasteiger partial charge in [-0.2, -0.15) is 4.98 Å². The van der Waals surface area contributed by atoms with Crippen molar-refractivity contribution in [2.75, 3.05) is 13.2 Å². The monoisotopic (exact) mass is 231 g/mol. The van der Waals surface area contributed by atoms with E-state index in [1.807, 2.05) is 24.3 Å². The molecule has 17 heavy (non-hydrogen) atoms. The summed E-state index contributed by atoms with van der Waals surface area (Å²) in [7, 11) is 0. The molecule has 0 radical (unpaired) electrons. The number of fused-ring (bicyclic) bond motifs is 1. The summed E-state index contributed by atoms with van der Waals surface area (Å²) in [4.78, 5) is 19.0. The van der Waals surface area contributed by atoms with Gasteiger partial charge in [-0.15, -0.1) is 0 Å². The van der Waals surface area contributed by atoms with Crippen LogP contribution in [-0.2, 0) is 4.79 Å². The Kier molecular flexibility index (Phi) is 3.49. The normalized spacial score (nSPS) is 10.2. The Morgan fingerprint density at radius 2 is 2.24 bits per heavy atom. The molecule has 0 saturated heterocycles. The molecule has 0 aliphatic heterocycles. The number of carbonyl (C=O) groups is 1. The molecule has 0 bridgehead atoms. The molecule has 0 aliphatic carbocycles. The molecule has 5 heteroatoms. The van der Waals surface area contributed by atoms with E-state index >= 15 is 0 Å². The average Bonchev–Trinajstić information content (AvgIpc) is 2.34. The number of benzene rings is 1. The van der Waals surface area contributed by atoms with Crippen LogP contribution in [0.15, 0.2) is 30.5 Å². The Morgan fingerprint density at radius 1 is 1.41 bits per heavy atom. The van der Waals surface area contributed by atoms with Crippen LogP contribution in [0.2, 0.25) is 0 Å². The molecule has 0 aliphatic rings. The zero-order valence-corrected chi connectivity index (χ0v) is 9.51. The summed E-state index contributed by atoms with van der Waals surface area (Å²) >= 11 is 0. The van der Waals surface area contributed by atoms with E-state index in [0.717, 1.165) is 10.9 Å². The van der Waals surface area contributed by atoms with Gasteiger partial charge in [0.2, 0.25) is 5.91 Å². The average molecular weight is 231 g/mol. The zero-order chi connectivity index (χ0) is 12.1. The van der Waals surface area contributed by atoms with Gasteiger partial charge in [0.15, 0.2) is 0 Å². The molecule has 2 aromatic rings. The van der Waals surface area contributed by atoms with Crippen LogP contribution in [0.3, 0.4) is 0 Å². The van der Waals surface area contributed by atoms with Crippen LogP contribution < -0.4 is 10.1 Å². The lowest BCUT2D eigenvalue weighted by molar-refractivity contribution is -0.119. The Balaban J connectivity index is 1.97. The molecule has 1 heterocycles. The van der Waals surface area contributed by atoms with Crippen molar-refractivity contribution in [3.8, 4) is 6.01 Å². The van der Waals surface area contributed by atoms with Crippen molar-refractivity contribution in [2.24, 2.45) is 0 Å². The number of nitrogens with one attached hydrogen (secondary N) is 1. The largest absolute Gasteiger partial charge is 0.462 e. The summed E-state index contributed by atoms with van der Waals surface area (Å²) in [5.74, 6) is -0.0759. The highest BCUT2D eigenvalue weighted by atomic mass is 16.5. The molecule has 1 N–H and O–H groups in total. The van der Waals surface area contributed by atoms with E-state index in [9.17, 15) is 4.79 Å². The Bertz CT molecular complexity index is 528. The second kappa shape index (κ2) is 5.25. The minimum Gasteiger partial charge on any atom is -0.462 e. The molecule has 0 saturated carbocycles. The Hall–Kier alpha value is -2.17.